The zero-order valence-corrected chi connectivity index (χ0v) is 14.0. The minimum Gasteiger partial charge on any atom is -0.381 e. The summed E-state index contributed by atoms with van der Waals surface area (Å²) in [5, 5.41) is 7.10. The number of halogens is 2. The molecule has 1 amide bonds. The number of rotatable bonds is 4. The Morgan fingerprint density at radius 1 is 1.13 bits per heavy atom. The Morgan fingerprint density at radius 3 is 2.61 bits per heavy atom. The van der Waals surface area contributed by atoms with Crippen molar-refractivity contribution in [3.05, 3.63) is 52.3 Å². The summed E-state index contributed by atoms with van der Waals surface area (Å²) >= 11 is 12.0. The molecule has 1 saturated carbocycles. The number of nitrogens with zero attached hydrogens (tertiary/aromatic N) is 1. The molecule has 0 unspecified atom stereocenters. The third-order valence-corrected chi connectivity index (χ3v) is 4.46. The molecule has 1 fully saturated rings. The highest BCUT2D eigenvalue weighted by atomic mass is 35.5. The Kier molecular flexibility index (Phi) is 5.03. The SMILES string of the molecule is O=C(Nc1cc(Cl)ccc1Cl)c1ccc(NC2CCCC2)cn1. The fraction of sp³-hybridized carbons (Fsp3) is 0.294. The molecule has 3 rings (SSSR count). The van der Waals surface area contributed by atoms with E-state index in [-0.39, 0.29) is 5.91 Å². The van der Waals surface area contributed by atoms with Gasteiger partial charge in [0.15, 0.2) is 0 Å². The van der Waals surface area contributed by atoms with Crippen LogP contribution in [0.15, 0.2) is 36.5 Å². The first-order valence-electron chi connectivity index (χ1n) is 7.61. The number of aromatic nitrogens is 1. The Hall–Kier alpha value is -1.78. The van der Waals surface area contributed by atoms with Gasteiger partial charge in [-0.1, -0.05) is 36.0 Å². The van der Waals surface area contributed by atoms with Gasteiger partial charge < -0.3 is 10.6 Å². The quantitative estimate of drug-likeness (QED) is 0.816. The standard InChI is InChI=1S/C17H17Cl2N3O/c18-11-5-7-14(19)16(9-11)22-17(23)15-8-6-13(10-20-15)21-12-3-1-2-4-12/h5-10,12,21H,1-4H2,(H,22,23). The van der Waals surface area contributed by atoms with Crippen molar-refractivity contribution in [2.75, 3.05) is 10.6 Å². The second-order valence-corrected chi connectivity index (χ2v) is 6.48. The van der Waals surface area contributed by atoms with Crippen LogP contribution in [0.2, 0.25) is 10.0 Å². The predicted octanol–water partition coefficient (Wildman–Crippen LogP) is 5.00. The summed E-state index contributed by atoms with van der Waals surface area (Å²) in [4.78, 5) is 16.5. The number of nitrogens with one attached hydrogen (secondary N) is 2. The van der Waals surface area contributed by atoms with Gasteiger partial charge in [-0.3, -0.25) is 4.79 Å². The fourth-order valence-electron chi connectivity index (χ4n) is 2.70. The summed E-state index contributed by atoms with van der Waals surface area (Å²) < 4.78 is 0. The topological polar surface area (TPSA) is 54.0 Å². The van der Waals surface area contributed by atoms with Gasteiger partial charge in [-0.05, 0) is 43.2 Å². The lowest BCUT2D eigenvalue weighted by Gasteiger charge is -2.13. The lowest BCUT2D eigenvalue weighted by atomic mass is 10.2. The molecular formula is C17H17Cl2N3O. The Morgan fingerprint density at radius 2 is 1.91 bits per heavy atom. The lowest BCUT2D eigenvalue weighted by Crippen LogP contribution is -2.16. The molecule has 120 valence electrons. The number of carbonyl (C=O) groups excluding carboxylic acids is 1. The van der Waals surface area contributed by atoms with Crippen molar-refractivity contribution in [2.24, 2.45) is 0 Å². The summed E-state index contributed by atoms with van der Waals surface area (Å²) in [6.07, 6.45) is 6.61. The van der Waals surface area contributed by atoms with Crippen LogP contribution in [0, 0.1) is 0 Å². The van der Waals surface area contributed by atoms with Gasteiger partial charge >= 0.3 is 0 Å². The Labute approximate surface area is 145 Å². The molecular weight excluding hydrogens is 333 g/mol. The van der Waals surface area contributed by atoms with Crippen LogP contribution < -0.4 is 10.6 Å². The van der Waals surface area contributed by atoms with E-state index in [0.717, 1.165) is 5.69 Å². The van der Waals surface area contributed by atoms with Gasteiger partial charge in [0.25, 0.3) is 5.91 Å². The van der Waals surface area contributed by atoms with Crippen LogP contribution in [0.1, 0.15) is 36.2 Å². The molecule has 0 atom stereocenters. The second kappa shape index (κ2) is 7.20. The number of benzene rings is 1. The van der Waals surface area contributed by atoms with Gasteiger partial charge in [-0.15, -0.1) is 0 Å². The maximum atomic E-state index is 12.2. The Bertz CT molecular complexity index is 697. The van der Waals surface area contributed by atoms with E-state index in [1.807, 2.05) is 6.07 Å². The maximum Gasteiger partial charge on any atom is 0.274 e. The maximum absolute atomic E-state index is 12.2. The molecule has 1 aromatic heterocycles. The summed E-state index contributed by atoms with van der Waals surface area (Å²) in [6.45, 7) is 0. The molecule has 1 aliphatic carbocycles. The molecule has 2 aromatic rings. The normalized spacial score (nSPS) is 14.7. The zero-order valence-electron chi connectivity index (χ0n) is 12.5. The molecule has 0 saturated heterocycles. The van der Waals surface area contributed by atoms with E-state index in [4.69, 9.17) is 23.2 Å². The van der Waals surface area contributed by atoms with E-state index >= 15 is 0 Å². The minimum absolute atomic E-state index is 0.318. The van der Waals surface area contributed by atoms with Crippen molar-refractivity contribution < 1.29 is 4.79 Å². The summed E-state index contributed by atoms with van der Waals surface area (Å²) in [5.74, 6) is -0.318. The third-order valence-electron chi connectivity index (χ3n) is 3.90. The van der Waals surface area contributed by atoms with Crippen LogP contribution >= 0.6 is 23.2 Å². The van der Waals surface area contributed by atoms with E-state index in [1.165, 1.54) is 25.7 Å². The molecule has 1 heterocycles. The van der Waals surface area contributed by atoms with Crippen molar-refractivity contribution in [1.82, 2.24) is 4.98 Å². The van der Waals surface area contributed by atoms with Crippen LogP contribution in [0.25, 0.3) is 0 Å². The van der Waals surface area contributed by atoms with Gasteiger partial charge in [0.05, 0.1) is 22.6 Å². The largest absolute Gasteiger partial charge is 0.381 e. The van der Waals surface area contributed by atoms with Crippen LogP contribution in [-0.4, -0.2) is 16.9 Å². The highest BCUT2D eigenvalue weighted by molar-refractivity contribution is 6.35. The highest BCUT2D eigenvalue weighted by Gasteiger charge is 2.15. The lowest BCUT2D eigenvalue weighted by molar-refractivity contribution is 0.102. The first-order chi connectivity index (χ1) is 11.1. The van der Waals surface area contributed by atoms with E-state index in [2.05, 4.69) is 15.6 Å². The van der Waals surface area contributed by atoms with Gasteiger partial charge in [0.1, 0.15) is 5.69 Å². The monoisotopic (exact) mass is 349 g/mol. The molecule has 6 heteroatoms. The molecule has 2 N–H and O–H groups in total. The first kappa shape index (κ1) is 16.1. The van der Waals surface area contributed by atoms with Gasteiger partial charge in [-0.2, -0.15) is 0 Å². The van der Waals surface area contributed by atoms with E-state index in [9.17, 15) is 4.79 Å². The summed E-state index contributed by atoms with van der Waals surface area (Å²) in [5.41, 5.74) is 1.74. The number of hydrogen-bond donors (Lipinski definition) is 2. The molecule has 1 aromatic carbocycles. The van der Waals surface area contributed by atoms with Crippen LogP contribution in [0.3, 0.4) is 0 Å². The number of carbonyl (C=O) groups is 1. The van der Waals surface area contributed by atoms with Crippen LogP contribution in [0.4, 0.5) is 11.4 Å². The summed E-state index contributed by atoms with van der Waals surface area (Å²) in [6, 6.07) is 9.01. The molecule has 0 radical (unpaired) electrons. The van der Waals surface area contributed by atoms with Gasteiger partial charge in [-0.25, -0.2) is 4.98 Å². The van der Waals surface area contributed by atoms with Crippen molar-refractivity contribution in [1.29, 1.82) is 0 Å². The number of amides is 1. The molecule has 1 aliphatic rings. The average molecular weight is 350 g/mol. The Balaban J connectivity index is 1.66. The molecule has 0 spiro atoms. The van der Waals surface area contributed by atoms with Crippen molar-refractivity contribution in [3.8, 4) is 0 Å². The number of anilines is 2. The molecule has 0 aliphatic heterocycles. The third kappa shape index (κ3) is 4.15. The van der Waals surface area contributed by atoms with Gasteiger partial charge in [0, 0.05) is 11.1 Å². The van der Waals surface area contributed by atoms with Crippen molar-refractivity contribution >= 4 is 40.5 Å². The molecule has 0 bridgehead atoms. The summed E-state index contributed by atoms with van der Waals surface area (Å²) in [7, 11) is 0. The van der Waals surface area contributed by atoms with Crippen molar-refractivity contribution in [2.45, 2.75) is 31.7 Å². The number of hydrogen-bond acceptors (Lipinski definition) is 3. The van der Waals surface area contributed by atoms with E-state index in [0.29, 0.717) is 27.5 Å². The van der Waals surface area contributed by atoms with E-state index < -0.39 is 0 Å². The smallest absolute Gasteiger partial charge is 0.274 e. The number of pyridine rings is 1. The highest BCUT2D eigenvalue weighted by Crippen LogP contribution is 2.26. The second-order valence-electron chi connectivity index (χ2n) is 5.64. The van der Waals surface area contributed by atoms with Gasteiger partial charge in [0.2, 0.25) is 0 Å². The predicted molar refractivity (Wildman–Crippen MR) is 94.5 cm³/mol. The fourth-order valence-corrected chi connectivity index (χ4v) is 3.04. The molecule has 4 nitrogen and oxygen atoms in total. The zero-order chi connectivity index (χ0) is 16.2. The van der Waals surface area contributed by atoms with E-state index in [1.54, 1.807) is 30.5 Å². The first-order valence-corrected chi connectivity index (χ1v) is 8.36. The minimum atomic E-state index is -0.318. The van der Waals surface area contributed by atoms with Crippen molar-refractivity contribution in [3.63, 3.8) is 0 Å². The van der Waals surface area contributed by atoms with Crippen LogP contribution in [-0.2, 0) is 0 Å². The average Bonchev–Trinajstić information content (AvgIpc) is 3.04. The van der Waals surface area contributed by atoms with Crippen LogP contribution in [0.5, 0.6) is 0 Å². The molecule has 23 heavy (non-hydrogen) atoms.